The molecule has 7 aromatic carbocycles. The summed E-state index contributed by atoms with van der Waals surface area (Å²) in [7, 11) is 0. The number of aryl methyl sites for hydroxylation is 2. The monoisotopic (exact) mass is 865 g/mol. The highest BCUT2D eigenvalue weighted by Gasteiger charge is 2.34. The Kier molecular flexibility index (Phi) is 7.69. The standard InChI is InChI=1S/C59H39N5OS/c1-2-16-36-31-50-45(30-35(36)15-1)42-29-28-34-14-3-4-17-37(34)55(42)63(50)51-33-53-46(40-20-7-11-26-52(40)65-53)32-47(51)58-60-57(44-23-13-22-43-41-21-8-12-27-54(41)66-56(43)44)61-59(62-58)64-48-24-9-5-18-38(48)39-19-6-10-25-49(39)64/h1-2,4-10,12-13,15-25,27-33,41,54H,3,11,14,26H2. The van der Waals surface area contributed by atoms with Crippen molar-refractivity contribution in [3.63, 3.8) is 0 Å². The highest BCUT2D eigenvalue weighted by atomic mass is 32.2. The molecule has 0 bridgehead atoms. The molecular formula is C59H39N5OS. The first-order valence-corrected chi connectivity index (χ1v) is 23.9. The van der Waals surface area contributed by atoms with Gasteiger partial charge in [0.2, 0.25) is 5.95 Å². The SMILES string of the molecule is C1=CC2Sc3c(-c4nc(-c5cc6c7c(oc6cc5-n5c6cc8ccccc8cc6c6ccc8c(c65)C=CCC8)CCC=C7)nc(-n5c6ccccc6c6ccccc65)n4)cccc3C2C=C1. The highest BCUT2D eigenvalue weighted by Crippen LogP contribution is 2.52. The van der Waals surface area contributed by atoms with E-state index in [1.54, 1.807) is 0 Å². The lowest BCUT2D eigenvalue weighted by molar-refractivity contribution is 0.546. The third-order valence-corrected chi connectivity index (χ3v) is 15.8. The predicted molar refractivity (Wildman–Crippen MR) is 272 cm³/mol. The number of hydrogen-bond donors (Lipinski definition) is 0. The van der Waals surface area contributed by atoms with Crippen LogP contribution < -0.4 is 0 Å². The first kappa shape index (κ1) is 36.6. The number of fused-ring (bicyclic) bond motifs is 15. The molecule has 11 aromatic rings. The third kappa shape index (κ3) is 5.23. The predicted octanol–water partition coefficient (Wildman–Crippen LogP) is 14.9. The molecule has 0 fully saturated rings. The van der Waals surface area contributed by atoms with Crippen molar-refractivity contribution < 1.29 is 4.42 Å². The quantitative estimate of drug-likeness (QED) is 0.176. The van der Waals surface area contributed by atoms with Crippen LogP contribution in [-0.4, -0.2) is 29.3 Å². The van der Waals surface area contributed by atoms with Crippen molar-refractivity contribution in [1.29, 1.82) is 0 Å². The second-order valence-electron chi connectivity index (χ2n) is 18.0. The Morgan fingerprint density at radius 2 is 1.30 bits per heavy atom. The maximum absolute atomic E-state index is 6.85. The van der Waals surface area contributed by atoms with Crippen LogP contribution in [0.4, 0.5) is 0 Å². The van der Waals surface area contributed by atoms with Crippen LogP contribution in [0.1, 0.15) is 46.8 Å². The summed E-state index contributed by atoms with van der Waals surface area (Å²) in [6, 6.07) is 46.5. The van der Waals surface area contributed by atoms with E-state index in [0.717, 1.165) is 92.1 Å². The van der Waals surface area contributed by atoms with Gasteiger partial charge in [0.15, 0.2) is 11.6 Å². The Hall–Kier alpha value is -7.74. The minimum Gasteiger partial charge on any atom is -0.460 e. The molecule has 0 amide bonds. The molecule has 0 radical (unpaired) electrons. The van der Waals surface area contributed by atoms with Crippen LogP contribution in [-0.2, 0) is 12.8 Å². The summed E-state index contributed by atoms with van der Waals surface area (Å²) in [5.74, 6) is 3.17. The van der Waals surface area contributed by atoms with Gasteiger partial charge >= 0.3 is 0 Å². The molecule has 5 heterocycles. The minimum atomic E-state index is 0.300. The van der Waals surface area contributed by atoms with E-state index in [0.29, 0.717) is 28.8 Å². The summed E-state index contributed by atoms with van der Waals surface area (Å²) in [5.41, 5.74) is 13.3. The molecule has 2 atom stereocenters. The Bertz CT molecular complexity index is 4010. The number of rotatable bonds is 4. The van der Waals surface area contributed by atoms with Gasteiger partial charge in [-0.05, 0) is 71.5 Å². The lowest BCUT2D eigenvalue weighted by Crippen LogP contribution is -2.08. The van der Waals surface area contributed by atoms with Crippen LogP contribution in [0.15, 0.2) is 173 Å². The average molecular weight is 866 g/mol. The lowest BCUT2D eigenvalue weighted by Gasteiger charge is -2.18. The number of hydrogen-bond acceptors (Lipinski definition) is 5. The molecule has 2 unspecified atom stereocenters. The molecule has 3 aliphatic carbocycles. The topological polar surface area (TPSA) is 61.7 Å². The summed E-state index contributed by atoms with van der Waals surface area (Å²) < 4.78 is 11.6. The lowest BCUT2D eigenvalue weighted by atomic mass is 9.91. The Balaban J connectivity index is 1.09. The first-order chi connectivity index (χ1) is 32.7. The fourth-order valence-corrected chi connectivity index (χ4v) is 12.8. The molecule has 0 spiro atoms. The van der Waals surface area contributed by atoms with Crippen molar-refractivity contribution >= 4 is 89.3 Å². The van der Waals surface area contributed by atoms with Crippen molar-refractivity contribution in [2.45, 2.75) is 41.7 Å². The minimum absolute atomic E-state index is 0.300. The zero-order valence-electron chi connectivity index (χ0n) is 35.8. The van der Waals surface area contributed by atoms with Crippen LogP contribution >= 0.6 is 11.8 Å². The Labute approximate surface area is 383 Å². The van der Waals surface area contributed by atoms with Gasteiger partial charge in [-0.2, -0.15) is 9.97 Å². The van der Waals surface area contributed by atoms with Gasteiger partial charge in [-0.25, -0.2) is 4.98 Å². The number of para-hydroxylation sites is 2. The average Bonchev–Trinajstić information content (AvgIpc) is 4.12. The molecule has 312 valence electrons. The second kappa shape index (κ2) is 13.9. The van der Waals surface area contributed by atoms with Crippen LogP contribution in [0.5, 0.6) is 0 Å². The molecule has 7 heteroatoms. The van der Waals surface area contributed by atoms with Crippen LogP contribution in [0.2, 0.25) is 0 Å². The Morgan fingerprint density at radius 3 is 2.15 bits per heavy atom. The normalized spacial score (nSPS) is 17.2. The van der Waals surface area contributed by atoms with Crippen molar-refractivity contribution in [3.8, 4) is 34.4 Å². The number of allylic oxidation sites excluding steroid dienone is 5. The van der Waals surface area contributed by atoms with E-state index in [4.69, 9.17) is 19.4 Å². The zero-order valence-corrected chi connectivity index (χ0v) is 36.6. The summed E-state index contributed by atoms with van der Waals surface area (Å²) in [6.45, 7) is 0. The van der Waals surface area contributed by atoms with Crippen LogP contribution in [0, 0.1) is 0 Å². The van der Waals surface area contributed by atoms with Gasteiger partial charge < -0.3 is 8.98 Å². The molecule has 66 heavy (non-hydrogen) atoms. The molecule has 0 saturated carbocycles. The van der Waals surface area contributed by atoms with Gasteiger partial charge in [0.05, 0.1) is 27.8 Å². The number of thioether (sulfide) groups is 1. The van der Waals surface area contributed by atoms with Crippen molar-refractivity contribution in [2.75, 3.05) is 0 Å². The second-order valence-corrected chi connectivity index (χ2v) is 19.2. The molecule has 6 nitrogen and oxygen atoms in total. The van der Waals surface area contributed by atoms with Gasteiger partial charge in [0.1, 0.15) is 11.3 Å². The fraction of sp³-hybridized carbons (Fsp3) is 0.102. The third-order valence-electron chi connectivity index (χ3n) is 14.4. The maximum atomic E-state index is 6.85. The first-order valence-electron chi connectivity index (χ1n) is 23.0. The Morgan fingerprint density at radius 1 is 0.561 bits per heavy atom. The molecule has 0 saturated heterocycles. The number of nitrogens with zero attached hydrogens (tertiary/aromatic N) is 5. The van der Waals surface area contributed by atoms with E-state index in [1.165, 1.54) is 48.6 Å². The molecule has 4 aliphatic rings. The molecule has 0 N–H and O–H groups in total. The number of aromatic nitrogens is 5. The summed E-state index contributed by atoms with van der Waals surface area (Å²) in [5, 5.41) is 8.54. The summed E-state index contributed by atoms with van der Waals surface area (Å²) in [6.07, 6.45) is 22.0. The van der Waals surface area contributed by atoms with Gasteiger partial charge in [-0.15, -0.1) is 11.8 Å². The maximum Gasteiger partial charge on any atom is 0.238 e. The molecule has 4 aromatic heterocycles. The van der Waals surface area contributed by atoms with E-state index in [2.05, 4.69) is 185 Å². The number of furan rings is 1. The van der Waals surface area contributed by atoms with E-state index in [9.17, 15) is 0 Å². The van der Waals surface area contributed by atoms with Gasteiger partial charge in [-0.1, -0.05) is 140 Å². The highest BCUT2D eigenvalue weighted by molar-refractivity contribution is 8.00. The van der Waals surface area contributed by atoms with E-state index in [-0.39, 0.29) is 0 Å². The van der Waals surface area contributed by atoms with E-state index >= 15 is 0 Å². The van der Waals surface area contributed by atoms with Gasteiger partial charge in [0, 0.05) is 77.7 Å². The fourth-order valence-electron chi connectivity index (χ4n) is 11.4. The van der Waals surface area contributed by atoms with E-state index in [1.807, 2.05) is 11.8 Å². The van der Waals surface area contributed by atoms with Crippen molar-refractivity contribution in [3.05, 3.63) is 192 Å². The molecule has 15 rings (SSSR count). The van der Waals surface area contributed by atoms with Gasteiger partial charge in [0.25, 0.3) is 0 Å². The summed E-state index contributed by atoms with van der Waals surface area (Å²) >= 11 is 1.91. The number of benzene rings is 7. The van der Waals surface area contributed by atoms with E-state index < -0.39 is 0 Å². The summed E-state index contributed by atoms with van der Waals surface area (Å²) in [4.78, 5) is 18.0. The zero-order chi connectivity index (χ0) is 43.0. The molecular weight excluding hydrogens is 827 g/mol. The van der Waals surface area contributed by atoms with Crippen molar-refractivity contribution in [2.24, 2.45) is 0 Å². The smallest absolute Gasteiger partial charge is 0.238 e. The van der Waals surface area contributed by atoms with Crippen molar-refractivity contribution in [1.82, 2.24) is 24.1 Å². The van der Waals surface area contributed by atoms with Crippen LogP contribution in [0.3, 0.4) is 0 Å². The molecule has 1 aliphatic heterocycles. The largest absolute Gasteiger partial charge is 0.460 e. The van der Waals surface area contributed by atoms with Gasteiger partial charge in [-0.3, -0.25) is 4.57 Å². The van der Waals surface area contributed by atoms with Crippen LogP contribution in [0.25, 0.3) is 112 Å².